The van der Waals surface area contributed by atoms with E-state index in [-0.39, 0.29) is 0 Å². The molecule has 3 heteroatoms. The van der Waals surface area contributed by atoms with Gasteiger partial charge in [0.1, 0.15) is 0 Å². The molecule has 0 amide bonds. The molecule has 0 saturated heterocycles. The first-order valence-corrected chi connectivity index (χ1v) is 5.50. The van der Waals surface area contributed by atoms with Crippen molar-refractivity contribution in [3.8, 4) is 0 Å². The van der Waals surface area contributed by atoms with Crippen LogP contribution in [0.1, 0.15) is 11.1 Å². The van der Waals surface area contributed by atoms with Gasteiger partial charge in [0.25, 0.3) is 0 Å². The van der Waals surface area contributed by atoms with E-state index in [9.17, 15) is 0 Å². The highest BCUT2D eigenvalue weighted by Crippen LogP contribution is 2.37. The minimum atomic E-state index is 0.938. The van der Waals surface area contributed by atoms with Crippen LogP contribution in [0.5, 0.6) is 0 Å². The normalized spacial score (nSPS) is 19.4. The molecule has 1 aromatic carbocycles. The van der Waals surface area contributed by atoms with Crippen LogP contribution in [0.3, 0.4) is 0 Å². The maximum Gasteiger partial charge on any atom is 0.0460 e. The monoisotopic (exact) mass is 208 g/mol. The Balaban J connectivity index is 2.20. The molecule has 74 valence electrons. The maximum absolute atomic E-state index is 6.19. The molecular weight excluding hydrogens is 196 g/mol. The summed E-state index contributed by atoms with van der Waals surface area (Å²) in [7, 11) is 0. The zero-order chi connectivity index (χ0) is 9.54. The number of anilines is 1. The summed E-state index contributed by atoms with van der Waals surface area (Å²) in [6.07, 6.45) is 1.11. The Bertz CT molecular complexity index is 376. The van der Waals surface area contributed by atoms with Crippen LogP contribution in [0.15, 0.2) is 12.1 Å². The molecule has 3 rings (SSSR count). The zero-order valence-corrected chi connectivity index (χ0v) is 8.77. The summed E-state index contributed by atoms with van der Waals surface area (Å²) in [5.41, 5.74) is 4.16. The van der Waals surface area contributed by atoms with Crippen molar-refractivity contribution in [1.29, 1.82) is 0 Å². The topological polar surface area (TPSA) is 15.3 Å². The number of hydrogen-bond donors (Lipinski definition) is 1. The molecule has 14 heavy (non-hydrogen) atoms. The molecule has 1 aromatic rings. The number of nitrogens with one attached hydrogen (secondary N) is 1. The average Bonchev–Trinajstić information content (AvgIpc) is 2.51. The van der Waals surface area contributed by atoms with Crippen molar-refractivity contribution in [3.63, 3.8) is 0 Å². The van der Waals surface area contributed by atoms with E-state index in [0.29, 0.717) is 0 Å². The van der Waals surface area contributed by atoms with E-state index in [1.54, 1.807) is 0 Å². The summed E-state index contributed by atoms with van der Waals surface area (Å²) < 4.78 is 0. The lowest BCUT2D eigenvalue weighted by molar-refractivity contribution is 0.692. The fourth-order valence-corrected chi connectivity index (χ4v) is 2.70. The van der Waals surface area contributed by atoms with Crippen molar-refractivity contribution in [1.82, 2.24) is 5.32 Å². The van der Waals surface area contributed by atoms with E-state index in [2.05, 4.69) is 16.3 Å². The van der Waals surface area contributed by atoms with E-state index >= 15 is 0 Å². The molecule has 0 aliphatic carbocycles. The second-order valence-electron chi connectivity index (χ2n) is 3.95. The Morgan fingerprint density at radius 2 is 2.21 bits per heavy atom. The van der Waals surface area contributed by atoms with Gasteiger partial charge in [0.05, 0.1) is 0 Å². The largest absolute Gasteiger partial charge is 0.369 e. The molecule has 0 saturated carbocycles. The van der Waals surface area contributed by atoms with Crippen LogP contribution >= 0.6 is 11.6 Å². The molecule has 2 heterocycles. The van der Waals surface area contributed by atoms with Gasteiger partial charge in [0.2, 0.25) is 0 Å². The second-order valence-corrected chi connectivity index (χ2v) is 4.35. The van der Waals surface area contributed by atoms with Crippen molar-refractivity contribution >= 4 is 17.3 Å². The van der Waals surface area contributed by atoms with Crippen LogP contribution < -0.4 is 10.2 Å². The van der Waals surface area contributed by atoms with Crippen molar-refractivity contribution in [2.24, 2.45) is 0 Å². The van der Waals surface area contributed by atoms with E-state index in [1.165, 1.54) is 16.8 Å². The Morgan fingerprint density at radius 1 is 1.29 bits per heavy atom. The minimum Gasteiger partial charge on any atom is -0.369 e. The molecule has 0 unspecified atom stereocenters. The standard InChI is InChI=1S/C11H13ClN2/c12-10-2-1-8-7-13-4-6-14-5-3-9(10)11(8)14/h1-2,13H,3-7H2. The first-order chi connectivity index (χ1) is 6.86. The minimum absolute atomic E-state index is 0.938. The van der Waals surface area contributed by atoms with Crippen LogP contribution in [0.4, 0.5) is 5.69 Å². The van der Waals surface area contributed by atoms with Gasteiger partial charge in [-0.15, -0.1) is 0 Å². The predicted octanol–water partition coefficient (Wildman–Crippen LogP) is 1.81. The summed E-state index contributed by atoms with van der Waals surface area (Å²) >= 11 is 6.19. The molecular formula is C11H13ClN2. The van der Waals surface area contributed by atoms with Crippen LogP contribution in [-0.2, 0) is 13.0 Å². The van der Waals surface area contributed by atoms with Gasteiger partial charge in [0, 0.05) is 36.9 Å². The Kier molecular flexibility index (Phi) is 1.92. The highest BCUT2D eigenvalue weighted by atomic mass is 35.5. The molecule has 0 aromatic heterocycles. The zero-order valence-electron chi connectivity index (χ0n) is 8.02. The Labute approximate surface area is 88.9 Å². The first kappa shape index (κ1) is 8.57. The number of nitrogens with zero attached hydrogens (tertiary/aromatic N) is 1. The van der Waals surface area contributed by atoms with Gasteiger partial charge in [-0.05, 0) is 23.6 Å². The van der Waals surface area contributed by atoms with Gasteiger partial charge in [-0.1, -0.05) is 17.7 Å². The summed E-state index contributed by atoms with van der Waals surface area (Å²) in [6.45, 7) is 4.30. The smallest absolute Gasteiger partial charge is 0.0460 e. The van der Waals surface area contributed by atoms with Gasteiger partial charge in [-0.2, -0.15) is 0 Å². The average molecular weight is 209 g/mol. The predicted molar refractivity (Wildman–Crippen MR) is 59.1 cm³/mol. The lowest BCUT2D eigenvalue weighted by Crippen LogP contribution is -2.27. The SMILES string of the molecule is Clc1ccc2c3c1CCN3CCNC2. The Hall–Kier alpha value is -0.730. The molecule has 0 bridgehead atoms. The maximum atomic E-state index is 6.19. The lowest BCUT2D eigenvalue weighted by atomic mass is 10.1. The molecule has 2 nitrogen and oxygen atoms in total. The van der Waals surface area contributed by atoms with Crippen molar-refractivity contribution in [2.45, 2.75) is 13.0 Å². The lowest BCUT2D eigenvalue weighted by Gasteiger charge is -2.18. The summed E-state index contributed by atoms with van der Waals surface area (Å²) in [5, 5.41) is 4.37. The van der Waals surface area contributed by atoms with Crippen molar-refractivity contribution in [2.75, 3.05) is 24.5 Å². The summed E-state index contributed by atoms with van der Waals surface area (Å²) in [5.74, 6) is 0. The van der Waals surface area contributed by atoms with Crippen LogP contribution in [0, 0.1) is 0 Å². The van der Waals surface area contributed by atoms with E-state index in [4.69, 9.17) is 11.6 Å². The van der Waals surface area contributed by atoms with Crippen LogP contribution in [0.25, 0.3) is 0 Å². The number of benzene rings is 1. The molecule has 0 spiro atoms. The molecule has 2 aliphatic rings. The third-order valence-corrected chi connectivity index (χ3v) is 3.49. The van der Waals surface area contributed by atoms with Crippen molar-refractivity contribution < 1.29 is 0 Å². The summed E-state index contributed by atoms with van der Waals surface area (Å²) in [6, 6.07) is 4.18. The molecule has 0 atom stereocenters. The van der Waals surface area contributed by atoms with Crippen molar-refractivity contribution in [3.05, 3.63) is 28.3 Å². The van der Waals surface area contributed by atoms with Gasteiger partial charge in [-0.25, -0.2) is 0 Å². The van der Waals surface area contributed by atoms with E-state index < -0.39 is 0 Å². The second kappa shape index (κ2) is 3.14. The quantitative estimate of drug-likeness (QED) is 0.700. The highest BCUT2D eigenvalue weighted by Gasteiger charge is 2.25. The third-order valence-electron chi connectivity index (χ3n) is 3.13. The molecule has 1 N–H and O–H groups in total. The number of hydrogen-bond acceptors (Lipinski definition) is 2. The summed E-state index contributed by atoms with van der Waals surface area (Å²) in [4.78, 5) is 2.45. The fourth-order valence-electron chi connectivity index (χ4n) is 2.45. The fraction of sp³-hybridized carbons (Fsp3) is 0.455. The van der Waals surface area contributed by atoms with Crippen LogP contribution in [0.2, 0.25) is 5.02 Å². The first-order valence-electron chi connectivity index (χ1n) is 5.12. The van der Waals surface area contributed by atoms with Gasteiger partial charge in [-0.3, -0.25) is 0 Å². The van der Waals surface area contributed by atoms with Gasteiger partial charge >= 0.3 is 0 Å². The number of rotatable bonds is 0. The molecule has 0 fully saturated rings. The Morgan fingerprint density at radius 3 is 3.14 bits per heavy atom. The molecule has 0 radical (unpaired) electrons. The number of halogens is 1. The van der Waals surface area contributed by atoms with E-state index in [0.717, 1.165) is 37.6 Å². The third kappa shape index (κ3) is 1.14. The van der Waals surface area contributed by atoms with Crippen LogP contribution in [-0.4, -0.2) is 19.6 Å². The van der Waals surface area contributed by atoms with Gasteiger partial charge in [0.15, 0.2) is 0 Å². The van der Waals surface area contributed by atoms with Gasteiger partial charge < -0.3 is 10.2 Å². The van der Waals surface area contributed by atoms with E-state index in [1.807, 2.05) is 6.07 Å². The molecule has 2 aliphatic heterocycles. The highest BCUT2D eigenvalue weighted by molar-refractivity contribution is 6.31.